The first kappa shape index (κ1) is 8.26. The summed E-state index contributed by atoms with van der Waals surface area (Å²) in [7, 11) is 0. The molecule has 1 aromatic heterocycles. The summed E-state index contributed by atoms with van der Waals surface area (Å²) in [6, 6.07) is 3.18. The Kier molecular flexibility index (Phi) is 1.81. The average Bonchev–Trinajstić information content (AvgIpc) is 2.60. The second-order valence-electron chi connectivity index (χ2n) is 3.07. The van der Waals surface area contributed by atoms with Crippen LogP contribution >= 0.6 is 0 Å². The van der Waals surface area contributed by atoms with Crippen molar-refractivity contribution >= 4 is 10.9 Å². The normalized spacial score (nSPS) is 11.0. The number of rotatable bonds is 1. The van der Waals surface area contributed by atoms with Crippen molar-refractivity contribution in [3.05, 3.63) is 35.3 Å². The van der Waals surface area contributed by atoms with Crippen LogP contribution in [0.2, 0.25) is 0 Å². The van der Waals surface area contributed by atoms with Crippen LogP contribution < -0.4 is 0 Å². The number of halogens is 1. The van der Waals surface area contributed by atoms with Crippen molar-refractivity contribution in [2.24, 2.45) is 0 Å². The van der Waals surface area contributed by atoms with Crippen LogP contribution in [0.5, 0.6) is 0 Å². The van der Waals surface area contributed by atoms with E-state index in [2.05, 4.69) is 4.98 Å². The van der Waals surface area contributed by atoms with Crippen LogP contribution in [0.3, 0.4) is 0 Å². The van der Waals surface area contributed by atoms with E-state index in [0.29, 0.717) is 11.1 Å². The molecule has 1 aromatic carbocycles. The number of aryl methyl sites for hydroxylation is 1. The highest BCUT2D eigenvalue weighted by molar-refractivity contribution is 5.85. The summed E-state index contributed by atoms with van der Waals surface area (Å²) in [6.45, 7) is 1.58. The predicted molar refractivity (Wildman–Crippen MR) is 48.9 cm³/mol. The van der Waals surface area contributed by atoms with Crippen molar-refractivity contribution in [2.75, 3.05) is 0 Å². The molecule has 3 heteroatoms. The van der Waals surface area contributed by atoms with E-state index >= 15 is 0 Å². The summed E-state index contributed by atoms with van der Waals surface area (Å²) in [6.07, 6.45) is 1.75. The molecule has 0 atom stereocenters. The van der Waals surface area contributed by atoms with Gasteiger partial charge in [-0.05, 0) is 24.6 Å². The Balaban J connectivity index is 2.87. The van der Waals surface area contributed by atoms with Gasteiger partial charge in [-0.15, -0.1) is 0 Å². The van der Waals surface area contributed by atoms with E-state index in [1.807, 2.05) is 6.07 Å². The quantitative estimate of drug-likeness (QED) is 0.691. The number of hydrogen-bond acceptors (Lipinski definition) is 1. The van der Waals surface area contributed by atoms with Crippen LogP contribution in [0.15, 0.2) is 18.3 Å². The molecule has 2 aromatic rings. The second-order valence-corrected chi connectivity index (χ2v) is 3.07. The monoisotopic (exact) mass is 179 g/mol. The van der Waals surface area contributed by atoms with E-state index in [9.17, 15) is 4.39 Å². The van der Waals surface area contributed by atoms with Gasteiger partial charge in [0.05, 0.1) is 12.1 Å². The zero-order chi connectivity index (χ0) is 9.42. The summed E-state index contributed by atoms with van der Waals surface area (Å²) < 4.78 is 13.2. The molecule has 0 fully saturated rings. The van der Waals surface area contributed by atoms with Crippen molar-refractivity contribution in [1.29, 1.82) is 0 Å². The van der Waals surface area contributed by atoms with E-state index in [1.54, 1.807) is 13.1 Å². The van der Waals surface area contributed by atoms with Gasteiger partial charge in [0.15, 0.2) is 0 Å². The van der Waals surface area contributed by atoms with Gasteiger partial charge in [-0.25, -0.2) is 4.39 Å². The number of aliphatic hydroxyl groups is 1. The zero-order valence-corrected chi connectivity index (χ0v) is 7.26. The number of hydrogen-bond donors (Lipinski definition) is 2. The van der Waals surface area contributed by atoms with Crippen LogP contribution in [0.25, 0.3) is 10.9 Å². The number of aromatic amines is 1. The van der Waals surface area contributed by atoms with E-state index < -0.39 is 0 Å². The maximum absolute atomic E-state index is 13.2. The summed E-state index contributed by atoms with van der Waals surface area (Å²) in [5.41, 5.74) is 2.04. The average molecular weight is 179 g/mol. The van der Waals surface area contributed by atoms with Crippen molar-refractivity contribution in [2.45, 2.75) is 13.5 Å². The maximum Gasteiger partial charge on any atom is 0.127 e. The fraction of sp³-hybridized carbons (Fsp3) is 0.200. The molecule has 2 nitrogen and oxygen atoms in total. The first-order valence-corrected chi connectivity index (χ1v) is 4.10. The van der Waals surface area contributed by atoms with E-state index in [-0.39, 0.29) is 12.4 Å². The molecule has 0 unspecified atom stereocenters. The topological polar surface area (TPSA) is 36.0 Å². The summed E-state index contributed by atoms with van der Waals surface area (Å²) in [4.78, 5) is 2.98. The van der Waals surface area contributed by atoms with Crippen LogP contribution in [0, 0.1) is 12.7 Å². The molecule has 0 aliphatic heterocycles. The van der Waals surface area contributed by atoms with Crippen molar-refractivity contribution in [1.82, 2.24) is 4.98 Å². The first-order valence-electron chi connectivity index (χ1n) is 4.10. The molecule has 0 aliphatic rings. The van der Waals surface area contributed by atoms with Crippen LogP contribution in [-0.4, -0.2) is 10.1 Å². The molecule has 0 amide bonds. The predicted octanol–water partition coefficient (Wildman–Crippen LogP) is 2.11. The van der Waals surface area contributed by atoms with Crippen LogP contribution in [-0.2, 0) is 6.61 Å². The molecular weight excluding hydrogens is 169 g/mol. The largest absolute Gasteiger partial charge is 0.392 e. The summed E-state index contributed by atoms with van der Waals surface area (Å²) in [5, 5.41) is 9.82. The minimum absolute atomic E-state index is 0.145. The van der Waals surface area contributed by atoms with Crippen molar-refractivity contribution < 1.29 is 9.50 Å². The smallest absolute Gasteiger partial charge is 0.127 e. The van der Waals surface area contributed by atoms with Gasteiger partial charge < -0.3 is 10.1 Å². The Morgan fingerprint density at radius 1 is 1.54 bits per heavy atom. The van der Waals surface area contributed by atoms with Crippen LogP contribution in [0.1, 0.15) is 11.1 Å². The van der Waals surface area contributed by atoms with Crippen molar-refractivity contribution in [3.63, 3.8) is 0 Å². The molecule has 0 spiro atoms. The molecule has 0 radical (unpaired) electrons. The second kappa shape index (κ2) is 2.85. The Hall–Kier alpha value is -1.35. The molecule has 0 aliphatic carbocycles. The van der Waals surface area contributed by atoms with Gasteiger partial charge in [0.2, 0.25) is 0 Å². The minimum atomic E-state index is -0.267. The van der Waals surface area contributed by atoms with E-state index in [1.165, 1.54) is 6.07 Å². The third kappa shape index (κ3) is 1.12. The van der Waals surface area contributed by atoms with E-state index in [0.717, 1.165) is 10.9 Å². The fourth-order valence-electron chi connectivity index (χ4n) is 1.53. The third-order valence-corrected chi connectivity index (χ3v) is 2.30. The zero-order valence-electron chi connectivity index (χ0n) is 7.26. The van der Waals surface area contributed by atoms with Gasteiger partial charge in [-0.1, -0.05) is 0 Å². The Bertz CT molecular complexity index is 447. The molecule has 2 rings (SSSR count). The lowest BCUT2D eigenvalue weighted by molar-refractivity contribution is 0.282. The third-order valence-electron chi connectivity index (χ3n) is 2.30. The van der Waals surface area contributed by atoms with E-state index in [4.69, 9.17) is 5.11 Å². The number of aromatic nitrogens is 1. The SMILES string of the molecule is Cc1c(F)cc(CO)c2[nH]ccc12. The Labute approximate surface area is 75.0 Å². The number of H-pyrrole nitrogens is 1. The number of aliphatic hydroxyl groups excluding tert-OH is 1. The highest BCUT2D eigenvalue weighted by Gasteiger charge is 2.08. The highest BCUT2D eigenvalue weighted by Crippen LogP contribution is 2.23. The summed E-state index contributed by atoms with van der Waals surface area (Å²) >= 11 is 0. The molecule has 13 heavy (non-hydrogen) atoms. The van der Waals surface area contributed by atoms with Gasteiger partial charge in [0.1, 0.15) is 5.82 Å². The van der Waals surface area contributed by atoms with Gasteiger partial charge >= 0.3 is 0 Å². The molecule has 68 valence electrons. The molecule has 1 heterocycles. The maximum atomic E-state index is 13.2. The fourth-order valence-corrected chi connectivity index (χ4v) is 1.53. The number of fused-ring (bicyclic) bond motifs is 1. The van der Waals surface area contributed by atoms with Crippen molar-refractivity contribution in [3.8, 4) is 0 Å². The first-order chi connectivity index (χ1) is 6.24. The molecule has 0 saturated heterocycles. The van der Waals surface area contributed by atoms with Gasteiger partial charge in [-0.2, -0.15) is 0 Å². The molecule has 2 N–H and O–H groups in total. The summed E-state index contributed by atoms with van der Waals surface area (Å²) in [5.74, 6) is -0.267. The van der Waals surface area contributed by atoms with Gasteiger partial charge in [0, 0.05) is 17.1 Å². The Morgan fingerprint density at radius 3 is 3.00 bits per heavy atom. The molecule has 0 saturated carbocycles. The number of nitrogens with one attached hydrogen (secondary N) is 1. The van der Waals surface area contributed by atoms with Gasteiger partial charge in [0.25, 0.3) is 0 Å². The highest BCUT2D eigenvalue weighted by atomic mass is 19.1. The van der Waals surface area contributed by atoms with Gasteiger partial charge in [-0.3, -0.25) is 0 Å². The molecule has 0 bridgehead atoms. The van der Waals surface area contributed by atoms with Crippen LogP contribution in [0.4, 0.5) is 4.39 Å². The lowest BCUT2D eigenvalue weighted by Crippen LogP contribution is -1.91. The minimum Gasteiger partial charge on any atom is -0.392 e. The lowest BCUT2D eigenvalue weighted by Gasteiger charge is -2.03. The Morgan fingerprint density at radius 2 is 2.31 bits per heavy atom. The standard InChI is InChI=1S/C10H10FNO/c1-6-8-2-3-12-10(8)7(5-13)4-9(6)11/h2-4,12-13H,5H2,1H3. The molecular formula is C10H10FNO. The number of benzene rings is 1. The lowest BCUT2D eigenvalue weighted by atomic mass is 10.1.